The van der Waals surface area contributed by atoms with E-state index in [1.807, 2.05) is 74.5 Å². The van der Waals surface area contributed by atoms with E-state index in [-0.39, 0.29) is 17.2 Å². The maximum atomic E-state index is 12.2. The fourth-order valence-electron chi connectivity index (χ4n) is 3.63. The summed E-state index contributed by atoms with van der Waals surface area (Å²) in [7, 11) is 0. The maximum absolute atomic E-state index is 12.2. The molecule has 26 heavy (non-hydrogen) atoms. The van der Waals surface area contributed by atoms with Crippen LogP contribution in [0.3, 0.4) is 0 Å². The monoisotopic (exact) mass is 346 g/mol. The molecular formula is C23H22O3. The second-order valence-corrected chi connectivity index (χ2v) is 6.70. The molecule has 0 aliphatic heterocycles. The summed E-state index contributed by atoms with van der Waals surface area (Å²) >= 11 is 0. The second-order valence-electron chi connectivity index (χ2n) is 6.70. The summed E-state index contributed by atoms with van der Waals surface area (Å²) in [5, 5.41) is 21.1. The van der Waals surface area contributed by atoms with Gasteiger partial charge in [-0.05, 0) is 29.5 Å². The van der Waals surface area contributed by atoms with Gasteiger partial charge in [0.2, 0.25) is 0 Å². The Labute approximate surface area is 153 Å². The van der Waals surface area contributed by atoms with Crippen LogP contribution in [0.2, 0.25) is 0 Å². The fraction of sp³-hybridized carbons (Fsp3) is 0.174. The van der Waals surface area contributed by atoms with Crippen molar-refractivity contribution in [2.75, 3.05) is 0 Å². The number of carbonyl (C=O) groups is 1. The van der Waals surface area contributed by atoms with E-state index in [0.717, 1.165) is 11.1 Å². The molecule has 3 aromatic rings. The predicted octanol–water partition coefficient (Wildman–Crippen LogP) is 5.86. The van der Waals surface area contributed by atoms with Crippen molar-refractivity contribution < 1.29 is 15.0 Å². The van der Waals surface area contributed by atoms with E-state index < -0.39 is 5.97 Å². The predicted molar refractivity (Wildman–Crippen MR) is 105 cm³/mol. The third-order valence-electron chi connectivity index (χ3n) is 4.69. The van der Waals surface area contributed by atoms with Crippen molar-refractivity contribution in [2.45, 2.75) is 26.7 Å². The largest absolute Gasteiger partial charge is 0.507 e. The van der Waals surface area contributed by atoms with Gasteiger partial charge in [-0.3, -0.25) is 0 Å². The Morgan fingerprint density at radius 3 is 1.73 bits per heavy atom. The van der Waals surface area contributed by atoms with Crippen molar-refractivity contribution in [3.63, 3.8) is 0 Å². The van der Waals surface area contributed by atoms with Crippen molar-refractivity contribution in [2.24, 2.45) is 0 Å². The molecule has 0 bridgehead atoms. The minimum Gasteiger partial charge on any atom is -0.507 e. The summed E-state index contributed by atoms with van der Waals surface area (Å²) < 4.78 is 0. The van der Waals surface area contributed by atoms with Crippen LogP contribution in [0.15, 0.2) is 60.7 Å². The summed E-state index contributed by atoms with van der Waals surface area (Å²) in [6, 6.07) is 18.9. The highest BCUT2D eigenvalue weighted by Crippen LogP contribution is 2.47. The molecular weight excluding hydrogens is 324 g/mol. The molecule has 0 amide bonds. The minimum atomic E-state index is -0.986. The van der Waals surface area contributed by atoms with Crippen LogP contribution >= 0.6 is 0 Å². The molecule has 132 valence electrons. The zero-order valence-electron chi connectivity index (χ0n) is 15.2. The Balaban J connectivity index is 2.54. The van der Waals surface area contributed by atoms with Crippen molar-refractivity contribution in [1.82, 2.24) is 0 Å². The van der Waals surface area contributed by atoms with Crippen LogP contribution in [0.25, 0.3) is 22.3 Å². The van der Waals surface area contributed by atoms with Gasteiger partial charge in [0.1, 0.15) is 5.75 Å². The highest BCUT2D eigenvalue weighted by molar-refractivity contribution is 6.05. The molecule has 0 aliphatic carbocycles. The Morgan fingerprint density at radius 2 is 1.31 bits per heavy atom. The van der Waals surface area contributed by atoms with E-state index in [9.17, 15) is 15.0 Å². The van der Waals surface area contributed by atoms with E-state index >= 15 is 0 Å². The van der Waals surface area contributed by atoms with Gasteiger partial charge < -0.3 is 10.2 Å². The molecule has 0 unspecified atom stereocenters. The molecule has 3 aromatic carbocycles. The van der Waals surface area contributed by atoms with Crippen LogP contribution in [0.1, 0.15) is 41.3 Å². The third kappa shape index (κ3) is 2.97. The quantitative estimate of drug-likeness (QED) is 0.622. The first-order valence-corrected chi connectivity index (χ1v) is 8.67. The molecule has 0 aromatic heterocycles. The van der Waals surface area contributed by atoms with E-state index in [2.05, 4.69) is 0 Å². The molecule has 0 aliphatic rings. The first-order valence-electron chi connectivity index (χ1n) is 8.67. The zero-order chi connectivity index (χ0) is 18.8. The highest BCUT2D eigenvalue weighted by Gasteiger charge is 2.27. The number of aromatic carboxylic acids is 1. The van der Waals surface area contributed by atoms with E-state index in [4.69, 9.17) is 0 Å². The number of aromatic hydroxyl groups is 1. The van der Waals surface area contributed by atoms with Crippen LogP contribution in [0.4, 0.5) is 0 Å². The Morgan fingerprint density at radius 1 is 0.846 bits per heavy atom. The van der Waals surface area contributed by atoms with Crippen LogP contribution in [-0.4, -0.2) is 16.2 Å². The zero-order valence-corrected chi connectivity index (χ0v) is 15.2. The number of rotatable bonds is 4. The lowest BCUT2D eigenvalue weighted by Gasteiger charge is -2.23. The second kappa shape index (κ2) is 7.04. The third-order valence-corrected chi connectivity index (χ3v) is 4.69. The van der Waals surface area contributed by atoms with Crippen molar-refractivity contribution >= 4 is 5.97 Å². The number of phenols is 1. The topological polar surface area (TPSA) is 57.5 Å². The molecule has 0 fully saturated rings. The molecule has 2 N–H and O–H groups in total. The Bertz CT molecular complexity index is 942. The lowest BCUT2D eigenvalue weighted by Crippen LogP contribution is -2.09. The summed E-state index contributed by atoms with van der Waals surface area (Å²) in [6.07, 6.45) is 0. The molecule has 0 spiro atoms. The summed E-state index contributed by atoms with van der Waals surface area (Å²) in [5.41, 5.74) is 4.25. The first-order chi connectivity index (χ1) is 12.4. The fourth-order valence-corrected chi connectivity index (χ4v) is 3.63. The van der Waals surface area contributed by atoms with Gasteiger partial charge >= 0.3 is 5.97 Å². The maximum Gasteiger partial charge on any atom is 0.336 e. The van der Waals surface area contributed by atoms with Crippen LogP contribution in [0, 0.1) is 6.92 Å². The summed E-state index contributed by atoms with van der Waals surface area (Å²) in [5.74, 6) is -0.826. The lowest BCUT2D eigenvalue weighted by molar-refractivity contribution is 0.0697. The smallest absolute Gasteiger partial charge is 0.336 e. The molecule has 0 saturated heterocycles. The standard InChI is InChI=1S/C23H22O3/c1-14(2)18-15(3)19(23(25)26)20(16-10-6-4-7-11-16)21(22(18)24)17-12-8-5-9-13-17/h4-14,24H,1-3H3,(H,25,26). The van der Waals surface area contributed by atoms with Crippen molar-refractivity contribution in [1.29, 1.82) is 0 Å². The molecule has 3 nitrogen and oxygen atoms in total. The minimum absolute atomic E-state index is 0.000357. The van der Waals surface area contributed by atoms with Crippen LogP contribution < -0.4 is 0 Å². The number of benzene rings is 3. The summed E-state index contributed by atoms with van der Waals surface area (Å²) in [4.78, 5) is 12.2. The molecule has 0 radical (unpaired) electrons. The normalized spacial score (nSPS) is 10.9. The lowest BCUT2D eigenvalue weighted by atomic mass is 9.82. The van der Waals surface area contributed by atoms with Crippen molar-refractivity contribution in [3.05, 3.63) is 77.4 Å². The van der Waals surface area contributed by atoms with Crippen LogP contribution in [0.5, 0.6) is 5.75 Å². The number of phenolic OH excluding ortho intramolecular Hbond substituents is 1. The SMILES string of the molecule is Cc1c(C(=O)O)c(-c2ccccc2)c(-c2ccccc2)c(O)c1C(C)C. The molecule has 0 atom stereocenters. The van der Waals surface area contributed by atoms with Crippen molar-refractivity contribution in [3.8, 4) is 28.0 Å². The van der Waals surface area contributed by atoms with Gasteiger partial charge in [-0.25, -0.2) is 4.79 Å². The van der Waals surface area contributed by atoms with Crippen LogP contribution in [-0.2, 0) is 0 Å². The molecule has 0 saturated carbocycles. The van der Waals surface area contributed by atoms with Gasteiger partial charge in [-0.1, -0.05) is 74.5 Å². The van der Waals surface area contributed by atoms with Gasteiger partial charge in [0.05, 0.1) is 5.56 Å². The number of hydrogen-bond donors (Lipinski definition) is 2. The average molecular weight is 346 g/mol. The first kappa shape index (κ1) is 17.7. The van der Waals surface area contributed by atoms with E-state index in [0.29, 0.717) is 22.3 Å². The number of carboxylic acids is 1. The molecule has 3 heteroatoms. The van der Waals surface area contributed by atoms with Gasteiger partial charge in [0.15, 0.2) is 0 Å². The van der Waals surface area contributed by atoms with Gasteiger partial charge in [-0.2, -0.15) is 0 Å². The highest BCUT2D eigenvalue weighted by atomic mass is 16.4. The molecule has 0 heterocycles. The Kier molecular flexibility index (Phi) is 4.81. The van der Waals surface area contributed by atoms with E-state index in [1.54, 1.807) is 6.92 Å². The van der Waals surface area contributed by atoms with Gasteiger partial charge in [0, 0.05) is 16.7 Å². The molecule has 3 rings (SSSR count). The average Bonchev–Trinajstić information content (AvgIpc) is 2.62. The number of carboxylic acid groups (broad SMARTS) is 1. The van der Waals surface area contributed by atoms with Gasteiger partial charge in [0.25, 0.3) is 0 Å². The van der Waals surface area contributed by atoms with E-state index in [1.165, 1.54) is 0 Å². The number of hydrogen-bond acceptors (Lipinski definition) is 2. The van der Waals surface area contributed by atoms with Gasteiger partial charge in [-0.15, -0.1) is 0 Å². The summed E-state index contributed by atoms with van der Waals surface area (Å²) in [6.45, 7) is 5.70. The Hall–Kier alpha value is -3.07.